The number of carboxylic acids is 1. The minimum atomic E-state index is -1.03. The lowest BCUT2D eigenvalue weighted by molar-refractivity contribution is -0.137. The number of anilines is 1. The number of hydrogen-bond donors (Lipinski definition) is 2. The molecule has 0 unspecified atom stereocenters. The van der Waals surface area contributed by atoms with Crippen molar-refractivity contribution in [3.8, 4) is 0 Å². The van der Waals surface area contributed by atoms with E-state index < -0.39 is 12.0 Å². The van der Waals surface area contributed by atoms with Crippen LogP contribution in [-0.2, 0) is 4.79 Å². The molecule has 0 aliphatic carbocycles. The summed E-state index contributed by atoms with van der Waals surface area (Å²) in [5.74, 6) is -1.03. The number of amides is 2. The van der Waals surface area contributed by atoms with Gasteiger partial charge in [0.2, 0.25) is 0 Å². The standard InChI is InChI=1S/C12H15BrN2O3/c1-3-15(7-11(16)17)12(18)14-10-5-8(2)4-9(13)6-10/h4-6H,3,7H2,1-2H3,(H,14,18)(H,16,17). The highest BCUT2D eigenvalue weighted by atomic mass is 79.9. The molecule has 18 heavy (non-hydrogen) atoms. The molecule has 0 atom stereocenters. The Kier molecular flexibility index (Phi) is 5.15. The van der Waals surface area contributed by atoms with Crippen LogP contribution in [0.15, 0.2) is 22.7 Å². The molecule has 1 rings (SSSR count). The molecule has 0 spiro atoms. The van der Waals surface area contributed by atoms with E-state index in [4.69, 9.17) is 5.11 Å². The van der Waals surface area contributed by atoms with Gasteiger partial charge < -0.3 is 15.3 Å². The van der Waals surface area contributed by atoms with Crippen molar-refractivity contribution in [1.82, 2.24) is 4.90 Å². The predicted molar refractivity (Wildman–Crippen MR) is 72.8 cm³/mol. The quantitative estimate of drug-likeness (QED) is 0.897. The minimum Gasteiger partial charge on any atom is -0.480 e. The first-order valence-corrected chi connectivity index (χ1v) is 6.26. The molecule has 1 aromatic rings. The number of carbonyl (C=O) groups excluding carboxylic acids is 1. The maximum absolute atomic E-state index is 11.8. The number of nitrogens with one attached hydrogen (secondary N) is 1. The van der Waals surface area contributed by atoms with Crippen LogP contribution < -0.4 is 5.32 Å². The molecule has 0 saturated carbocycles. The smallest absolute Gasteiger partial charge is 0.323 e. The molecule has 2 amide bonds. The number of nitrogens with zero attached hydrogens (tertiary/aromatic N) is 1. The van der Waals surface area contributed by atoms with Crippen LogP contribution in [0.2, 0.25) is 0 Å². The van der Waals surface area contributed by atoms with Gasteiger partial charge in [0.25, 0.3) is 0 Å². The second-order valence-corrected chi connectivity index (χ2v) is 4.77. The SMILES string of the molecule is CCN(CC(=O)O)C(=O)Nc1cc(C)cc(Br)c1. The summed E-state index contributed by atoms with van der Waals surface area (Å²) in [6.45, 7) is 3.67. The number of carboxylic acid groups (broad SMARTS) is 1. The second kappa shape index (κ2) is 6.39. The summed E-state index contributed by atoms with van der Waals surface area (Å²) in [5, 5.41) is 11.4. The number of carbonyl (C=O) groups is 2. The predicted octanol–water partition coefficient (Wildman–Crippen LogP) is 2.70. The lowest BCUT2D eigenvalue weighted by Gasteiger charge is -2.19. The average molecular weight is 315 g/mol. The Morgan fingerprint density at radius 3 is 2.56 bits per heavy atom. The van der Waals surface area contributed by atoms with Crippen LogP contribution in [0.1, 0.15) is 12.5 Å². The maximum atomic E-state index is 11.8. The summed E-state index contributed by atoms with van der Waals surface area (Å²) in [7, 11) is 0. The molecule has 98 valence electrons. The van der Waals surface area contributed by atoms with Crippen LogP contribution in [0.25, 0.3) is 0 Å². The van der Waals surface area contributed by atoms with Crippen molar-refractivity contribution in [3.05, 3.63) is 28.2 Å². The maximum Gasteiger partial charge on any atom is 0.323 e. The van der Waals surface area contributed by atoms with Crippen LogP contribution in [0.5, 0.6) is 0 Å². The van der Waals surface area contributed by atoms with Gasteiger partial charge in [-0.25, -0.2) is 4.79 Å². The van der Waals surface area contributed by atoms with Gasteiger partial charge in [0.1, 0.15) is 6.54 Å². The van der Waals surface area contributed by atoms with Crippen molar-refractivity contribution in [2.45, 2.75) is 13.8 Å². The summed E-state index contributed by atoms with van der Waals surface area (Å²) in [4.78, 5) is 23.7. The highest BCUT2D eigenvalue weighted by Crippen LogP contribution is 2.19. The van der Waals surface area contributed by atoms with Gasteiger partial charge in [0.15, 0.2) is 0 Å². The van der Waals surface area contributed by atoms with Crippen molar-refractivity contribution in [3.63, 3.8) is 0 Å². The van der Waals surface area contributed by atoms with E-state index in [1.54, 1.807) is 13.0 Å². The lowest BCUT2D eigenvalue weighted by Crippen LogP contribution is -2.38. The van der Waals surface area contributed by atoms with E-state index >= 15 is 0 Å². The number of urea groups is 1. The second-order valence-electron chi connectivity index (χ2n) is 3.86. The van der Waals surface area contributed by atoms with Gasteiger partial charge >= 0.3 is 12.0 Å². The molecular weight excluding hydrogens is 300 g/mol. The van der Waals surface area contributed by atoms with E-state index in [1.807, 2.05) is 19.1 Å². The Morgan fingerprint density at radius 2 is 2.06 bits per heavy atom. The van der Waals surface area contributed by atoms with E-state index in [2.05, 4.69) is 21.2 Å². The summed E-state index contributed by atoms with van der Waals surface area (Å²) in [5.41, 5.74) is 1.64. The molecule has 0 saturated heterocycles. The Hall–Kier alpha value is -1.56. The van der Waals surface area contributed by atoms with Gasteiger partial charge in [-0.1, -0.05) is 15.9 Å². The van der Waals surface area contributed by atoms with Crippen LogP contribution >= 0.6 is 15.9 Å². The van der Waals surface area contributed by atoms with Crippen LogP contribution in [-0.4, -0.2) is 35.1 Å². The first kappa shape index (κ1) is 14.5. The fourth-order valence-corrected chi connectivity index (χ4v) is 2.11. The number of aliphatic carboxylic acids is 1. The van der Waals surface area contributed by atoms with E-state index in [0.717, 1.165) is 10.0 Å². The number of likely N-dealkylation sites (N-methyl/N-ethyl adjacent to an activating group) is 1. The summed E-state index contributed by atoms with van der Waals surface area (Å²) < 4.78 is 0.860. The molecule has 6 heteroatoms. The normalized spacial score (nSPS) is 9.94. The number of rotatable bonds is 4. The van der Waals surface area contributed by atoms with E-state index in [-0.39, 0.29) is 6.54 Å². The Morgan fingerprint density at radius 1 is 1.39 bits per heavy atom. The Balaban J connectivity index is 2.76. The Bertz CT molecular complexity index is 442. The van der Waals surface area contributed by atoms with E-state index in [9.17, 15) is 9.59 Å². The third kappa shape index (κ3) is 4.37. The van der Waals surface area contributed by atoms with Gasteiger partial charge in [0, 0.05) is 16.7 Å². The molecular formula is C12H15BrN2O3. The highest BCUT2D eigenvalue weighted by molar-refractivity contribution is 9.10. The third-order valence-electron chi connectivity index (χ3n) is 2.29. The van der Waals surface area contributed by atoms with Gasteiger partial charge in [-0.15, -0.1) is 0 Å². The zero-order valence-electron chi connectivity index (χ0n) is 10.2. The largest absolute Gasteiger partial charge is 0.480 e. The number of benzene rings is 1. The minimum absolute atomic E-state index is 0.310. The van der Waals surface area contributed by atoms with Gasteiger partial charge in [-0.3, -0.25) is 4.79 Å². The molecule has 0 bridgehead atoms. The molecule has 0 radical (unpaired) electrons. The lowest BCUT2D eigenvalue weighted by atomic mass is 10.2. The molecule has 2 N–H and O–H groups in total. The fourth-order valence-electron chi connectivity index (χ4n) is 1.50. The van der Waals surface area contributed by atoms with Crippen LogP contribution in [0.4, 0.5) is 10.5 Å². The van der Waals surface area contributed by atoms with Crippen molar-refractivity contribution in [2.75, 3.05) is 18.4 Å². The van der Waals surface area contributed by atoms with Crippen molar-refractivity contribution in [1.29, 1.82) is 0 Å². The van der Waals surface area contributed by atoms with Gasteiger partial charge in [0.05, 0.1) is 0 Å². The molecule has 5 nitrogen and oxygen atoms in total. The molecule has 0 fully saturated rings. The average Bonchev–Trinajstić information content (AvgIpc) is 2.23. The molecule has 0 aliphatic rings. The highest BCUT2D eigenvalue weighted by Gasteiger charge is 2.14. The first-order valence-electron chi connectivity index (χ1n) is 5.47. The summed E-state index contributed by atoms with van der Waals surface area (Å²) >= 11 is 3.34. The zero-order chi connectivity index (χ0) is 13.7. The molecule has 0 heterocycles. The van der Waals surface area contributed by atoms with E-state index in [1.165, 1.54) is 4.90 Å². The zero-order valence-corrected chi connectivity index (χ0v) is 11.8. The van der Waals surface area contributed by atoms with Gasteiger partial charge in [-0.05, 0) is 37.6 Å². The number of halogens is 1. The van der Waals surface area contributed by atoms with Crippen molar-refractivity contribution in [2.24, 2.45) is 0 Å². The fraction of sp³-hybridized carbons (Fsp3) is 0.333. The molecule has 1 aromatic carbocycles. The third-order valence-corrected chi connectivity index (χ3v) is 2.75. The van der Waals surface area contributed by atoms with Gasteiger partial charge in [-0.2, -0.15) is 0 Å². The summed E-state index contributed by atoms with van der Waals surface area (Å²) in [6.07, 6.45) is 0. The number of hydrogen-bond acceptors (Lipinski definition) is 2. The van der Waals surface area contributed by atoms with E-state index in [0.29, 0.717) is 12.2 Å². The monoisotopic (exact) mass is 314 g/mol. The van der Waals surface area contributed by atoms with Crippen molar-refractivity contribution >= 4 is 33.6 Å². The van der Waals surface area contributed by atoms with Crippen molar-refractivity contribution < 1.29 is 14.7 Å². The Labute approximate surface area is 114 Å². The summed E-state index contributed by atoms with van der Waals surface area (Å²) in [6, 6.07) is 5.08. The topological polar surface area (TPSA) is 69.6 Å². The molecule has 0 aromatic heterocycles. The number of aryl methyl sites for hydroxylation is 1. The van der Waals surface area contributed by atoms with Crippen LogP contribution in [0.3, 0.4) is 0 Å². The van der Waals surface area contributed by atoms with Crippen LogP contribution in [0, 0.1) is 6.92 Å². The first-order chi connectivity index (χ1) is 8.42. The molecule has 0 aliphatic heterocycles.